The molecule has 0 amide bonds. The average molecular weight is 1040 g/mol. The molecular weight excluding hydrogens is 973 g/mol. The van der Waals surface area contributed by atoms with E-state index in [1.807, 2.05) is 72.8 Å². The summed E-state index contributed by atoms with van der Waals surface area (Å²) < 4.78 is 0. The van der Waals surface area contributed by atoms with Gasteiger partial charge in [-0.25, -0.2) is 0 Å². The third-order valence-corrected chi connectivity index (χ3v) is 13.8. The van der Waals surface area contributed by atoms with Gasteiger partial charge in [0.25, 0.3) is 0 Å². The zero-order valence-corrected chi connectivity index (χ0v) is 43.8. The Balaban J connectivity index is 0.000000131. The molecule has 12 rings (SSSR count). The highest BCUT2D eigenvalue weighted by Gasteiger charge is 2.23. The summed E-state index contributed by atoms with van der Waals surface area (Å²) in [5.74, 6) is 0.0894. The highest BCUT2D eigenvalue weighted by atomic mass is 32.1. The Morgan fingerprint density at radius 3 is 0.766 bits per heavy atom. The number of para-hydroxylation sites is 18. The number of benzene rings is 9. The molecule has 12 nitrogen and oxygen atoms in total. The minimum absolute atomic E-state index is 0.141. The third-order valence-electron chi connectivity index (χ3n) is 13.5. The predicted molar refractivity (Wildman–Crippen MR) is 328 cm³/mol. The topological polar surface area (TPSA) is 145 Å². The fourth-order valence-electron chi connectivity index (χ4n) is 9.84. The molecular formula is C64H64N10O2S. The van der Waals surface area contributed by atoms with Gasteiger partial charge in [-0.2, -0.15) is 12.6 Å². The normalized spacial score (nSPS) is 12.4. The first-order valence-electron chi connectivity index (χ1n) is 26.2. The van der Waals surface area contributed by atoms with E-state index in [0.717, 1.165) is 123 Å². The van der Waals surface area contributed by atoms with Crippen molar-refractivity contribution < 1.29 is 9.90 Å². The molecule has 0 aromatic heterocycles. The first kappa shape index (κ1) is 51.4. The van der Waals surface area contributed by atoms with Crippen molar-refractivity contribution in [3.05, 3.63) is 218 Å². The number of rotatable bonds is 10. The van der Waals surface area contributed by atoms with Crippen LogP contribution < -0.4 is 52.3 Å². The Labute approximate surface area is 457 Å². The van der Waals surface area contributed by atoms with E-state index in [9.17, 15) is 4.79 Å². The van der Waals surface area contributed by atoms with Crippen LogP contribution in [0, 0.1) is 0 Å². The minimum atomic E-state index is -0.774. The first-order chi connectivity index (χ1) is 37.9. The molecule has 3 aliphatic rings. The SMILES string of the molecule is NCCCN1c2ccccc2Nc2ccccc2Nc2ccccc21.O=C(O)CCCN1c2ccccc2Nc2ccccc2Nc2ccccc21.SCCCN1c2ccccc2Nc2ccccc2Nc2ccccc21. The second-order valence-electron chi connectivity index (χ2n) is 18.7. The summed E-state index contributed by atoms with van der Waals surface area (Å²) in [6, 6.07) is 74.7. The van der Waals surface area contributed by atoms with Crippen LogP contribution in [0.4, 0.5) is 102 Å². The molecule has 3 aliphatic heterocycles. The van der Waals surface area contributed by atoms with Gasteiger partial charge >= 0.3 is 5.97 Å². The summed E-state index contributed by atoms with van der Waals surface area (Å²) in [7, 11) is 0. The van der Waals surface area contributed by atoms with Gasteiger partial charge in [-0.15, -0.1) is 0 Å². The molecule has 0 fully saturated rings. The van der Waals surface area contributed by atoms with Gasteiger partial charge in [0.15, 0.2) is 0 Å². The Morgan fingerprint density at radius 2 is 0.545 bits per heavy atom. The summed E-state index contributed by atoms with van der Waals surface area (Å²) >= 11 is 4.41. The van der Waals surface area contributed by atoms with E-state index in [1.165, 1.54) is 11.4 Å². The summed E-state index contributed by atoms with van der Waals surface area (Å²) in [5, 5.41) is 30.5. The van der Waals surface area contributed by atoms with Crippen molar-refractivity contribution in [2.75, 3.05) is 78.5 Å². The number of thiol groups is 1. The smallest absolute Gasteiger partial charge is 0.303 e. The van der Waals surface area contributed by atoms with E-state index in [1.54, 1.807) is 0 Å². The van der Waals surface area contributed by atoms with Crippen molar-refractivity contribution in [2.45, 2.75) is 25.7 Å². The number of nitrogens with two attached hydrogens (primary N) is 1. The second-order valence-corrected chi connectivity index (χ2v) is 19.1. The quantitative estimate of drug-likeness (QED) is 0.0601. The second kappa shape index (κ2) is 25.0. The lowest BCUT2D eigenvalue weighted by Gasteiger charge is -2.28. The van der Waals surface area contributed by atoms with Crippen molar-refractivity contribution in [1.29, 1.82) is 0 Å². The van der Waals surface area contributed by atoms with Crippen LogP contribution in [-0.2, 0) is 4.79 Å². The van der Waals surface area contributed by atoms with Gasteiger partial charge in [-0.05, 0) is 141 Å². The summed E-state index contributed by atoms with van der Waals surface area (Å²) in [6.07, 6.45) is 2.64. The van der Waals surface area contributed by atoms with E-state index < -0.39 is 5.97 Å². The van der Waals surface area contributed by atoms with Gasteiger partial charge in [-0.3, -0.25) is 4.79 Å². The van der Waals surface area contributed by atoms with Crippen molar-refractivity contribution in [3.63, 3.8) is 0 Å². The van der Waals surface area contributed by atoms with Gasteiger partial charge in [0, 0.05) is 26.1 Å². The van der Waals surface area contributed by atoms with Gasteiger partial charge in [0.2, 0.25) is 0 Å². The van der Waals surface area contributed by atoms with E-state index in [0.29, 0.717) is 19.5 Å². The molecule has 0 spiro atoms. The highest BCUT2D eigenvalue weighted by molar-refractivity contribution is 7.80. The van der Waals surface area contributed by atoms with Gasteiger partial charge < -0.3 is 57.4 Å². The number of fused-ring (bicyclic) bond motifs is 9. The van der Waals surface area contributed by atoms with Crippen molar-refractivity contribution in [1.82, 2.24) is 0 Å². The zero-order chi connectivity index (χ0) is 52.8. The summed E-state index contributed by atoms with van der Waals surface area (Å²) in [5.41, 5.74) is 25.1. The molecule has 77 heavy (non-hydrogen) atoms. The first-order valence-corrected chi connectivity index (χ1v) is 26.9. The molecule has 9 aromatic rings. The van der Waals surface area contributed by atoms with Gasteiger partial charge in [0.05, 0.1) is 102 Å². The molecule has 0 saturated carbocycles. The Bertz CT molecular complexity index is 3090. The molecule has 0 unspecified atom stereocenters. The van der Waals surface area contributed by atoms with E-state index >= 15 is 0 Å². The van der Waals surface area contributed by atoms with E-state index in [4.69, 9.17) is 10.8 Å². The van der Waals surface area contributed by atoms with Crippen LogP contribution in [0.15, 0.2) is 218 Å². The number of carbonyl (C=O) groups is 1. The molecule has 0 aliphatic carbocycles. The lowest BCUT2D eigenvalue weighted by Crippen LogP contribution is -2.22. The van der Waals surface area contributed by atoms with E-state index in [2.05, 4.69) is 205 Å². The van der Waals surface area contributed by atoms with E-state index in [-0.39, 0.29) is 6.42 Å². The molecule has 0 bridgehead atoms. The van der Waals surface area contributed by atoms with Crippen LogP contribution in [0.2, 0.25) is 0 Å². The van der Waals surface area contributed by atoms with Crippen LogP contribution in [0.1, 0.15) is 25.7 Å². The number of carboxylic acids is 1. The number of hydrogen-bond donors (Lipinski definition) is 9. The lowest BCUT2D eigenvalue weighted by atomic mass is 10.1. The Hall–Kier alpha value is -9.04. The molecule has 0 saturated heterocycles. The zero-order valence-electron chi connectivity index (χ0n) is 42.9. The predicted octanol–water partition coefficient (Wildman–Crippen LogP) is 16.4. The number of aliphatic carboxylic acids is 1. The fourth-order valence-corrected chi connectivity index (χ4v) is 9.98. The molecule has 13 heteroatoms. The fraction of sp³-hybridized carbons (Fsp3) is 0.141. The van der Waals surface area contributed by atoms with Gasteiger partial charge in [-0.1, -0.05) is 109 Å². The maximum Gasteiger partial charge on any atom is 0.303 e. The molecule has 9 N–H and O–H groups in total. The Morgan fingerprint density at radius 1 is 0.338 bits per heavy atom. The third kappa shape index (κ3) is 12.2. The number of nitrogens with zero attached hydrogens (tertiary/aromatic N) is 3. The molecule has 388 valence electrons. The molecule has 9 aromatic carbocycles. The molecule has 0 atom stereocenters. The van der Waals surface area contributed by atoms with Gasteiger partial charge in [0.1, 0.15) is 0 Å². The van der Waals surface area contributed by atoms with Crippen LogP contribution >= 0.6 is 12.6 Å². The highest BCUT2D eigenvalue weighted by Crippen LogP contribution is 2.45. The number of carboxylic acid groups (broad SMARTS) is 1. The monoisotopic (exact) mass is 1040 g/mol. The maximum atomic E-state index is 11.0. The molecule has 0 radical (unpaired) electrons. The maximum absolute atomic E-state index is 11.0. The van der Waals surface area contributed by atoms with Crippen LogP contribution in [0.5, 0.6) is 0 Å². The van der Waals surface area contributed by atoms with Crippen molar-refractivity contribution in [3.8, 4) is 0 Å². The average Bonchev–Trinajstić information content (AvgIpc) is 3.61. The largest absolute Gasteiger partial charge is 0.481 e. The number of hydrogen-bond acceptors (Lipinski definition) is 12. The molecule has 3 heterocycles. The van der Waals surface area contributed by atoms with Crippen LogP contribution in [0.3, 0.4) is 0 Å². The number of nitrogens with one attached hydrogen (secondary N) is 6. The summed E-state index contributed by atoms with van der Waals surface area (Å²) in [4.78, 5) is 17.9. The van der Waals surface area contributed by atoms with Crippen molar-refractivity contribution >= 4 is 121 Å². The standard InChI is InChI=1S/C22H21N3O2.C21H22N4.C21H21N3S/c26-22(27)14-7-15-25-20-12-5-3-10-18(20)23-16-8-1-2-9-17(16)24-19-11-4-6-13-21(19)25;22-14-7-15-25-20-12-5-3-10-18(20)23-16-8-1-2-9-17(16)24-19-11-4-6-13-21(19)25;25-15-7-14-24-20-12-5-3-10-18(20)22-16-8-1-2-9-17(16)23-19-11-4-6-13-21(19)24/h1-6,8-13,23-24H,7,14-15H2,(H,26,27);1-6,8-13,23-24H,7,14-15,22H2;1-6,8-13,22-23,25H,7,14-15H2. The van der Waals surface area contributed by atoms with Crippen molar-refractivity contribution in [2.24, 2.45) is 5.73 Å². The minimum Gasteiger partial charge on any atom is -0.481 e. The van der Waals surface area contributed by atoms with Crippen LogP contribution in [0.25, 0.3) is 0 Å². The van der Waals surface area contributed by atoms with Crippen LogP contribution in [-0.4, -0.2) is 43.0 Å². The summed E-state index contributed by atoms with van der Waals surface area (Å²) in [6.45, 7) is 3.06. The number of anilines is 18. The lowest BCUT2D eigenvalue weighted by molar-refractivity contribution is -0.137. The Kier molecular flexibility index (Phi) is 16.7.